The average molecular weight is 152 g/mol. The minimum absolute atomic E-state index is 1.03. The van der Waals surface area contributed by atoms with E-state index < -0.39 is 0 Å². The molecule has 0 heterocycles. The Bertz CT molecular complexity index is 174. The van der Waals surface area contributed by atoms with E-state index in [4.69, 9.17) is 0 Å². The summed E-state index contributed by atoms with van der Waals surface area (Å²) in [7, 11) is 0. The predicted molar refractivity (Wildman–Crippen MR) is 50.5 cm³/mol. The first-order chi connectivity index (χ1) is 5.22. The molecule has 0 aliphatic carbocycles. The Hall–Kier alpha value is -1.05. The molecule has 0 aliphatic rings. The summed E-state index contributed by atoms with van der Waals surface area (Å²) < 4.78 is 0. The summed E-state index contributed by atoms with van der Waals surface area (Å²) in [5.74, 6) is 0. The van der Waals surface area contributed by atoms with Crippen molar-refractivity contribution in [1.29, 1.82) is 0 Å². The molecule has 0 rings (SSSR count). The fraction of sp³-hybridized carbons (Fsp3) is 0.444. The molecule has 0 spiro atoms. The van der Waals surface area contributed by atoms with Gasteiger partial charge in [-0.25, -0.2) is 0 Å². The van der Waals surface area contributed by atoms with E-state index in [1.807, 2.05) is 19.9 Å². The Morgan fingerprint density at radius 1 is 1.55 bits per heavy atom. The van der Waals surface area contributed by atoms with Gasteiger partial charge in [-0.15, -0.1) is 0 Å². The number of hydrazone groups is 1. The van der Waals surface area contributed by atoms with Gasteiger partial charge in [0.25, 0.3) is 0 Å². The van der Waals surface area contributed by atoms with Crippen molar-refractivity contribution >= 4 is 6.72 Å². The van der Waals surface area contributed by atoms with E-state index in [1.165, 1.54) is 5.57 Å². The molecule has 11 heavy (non-hydrogen) atoms. The Labute approximate surface area is 68.7 Å². The van der Waals surface area contributed by atoms with Crippen molar-refractivity contribution in [1.82, 2.24) is 5.43 Å². The first-order valence-electron chi connectivity index (χ1n) is 3.78. The van der Waals surface area contributed by atoms with Gasteiger partial charge in [0.1, 0.15) is 0 Å². The molecule has 0 fully saturated rings. The van der Waals surface area contributed by atoms with Crippen LogP contribution in [0.1, 0.15) is 27.2 Å². The Kier molecular flexibility index (Phi) is 5.17. The van der Waals surface area contributed by atoms with Crippen LogP contribution < -0.4 is 5.43 Å². The van der Waals surface area contributed by atoms with Crippen LogP contribution in [-0.4, -0.2) is 6.72 Å². The molecular formula is C9H16N2. The molecule has 0 saturated heterocycles. The Morgan fingerprint density at radius 3 is 2.55 bits per heavy atom. The summed E-state index contributed by atoms with van der Waals surface area (Å²) in [6, 6.07) is 0. The van der Waals surface area contributed by atoms with E-state index in [1.54, 1.807) is 0 Å². The molecule has 2 nitrogen and oxygen atoms in total. The van der Waals surface area contributed by atoms with E-state index in [0.29, 0.717) is 0 Å². The second kappa shape index (κ2) is 5.71. The number of nitrogens with zero attached hydrogens (tertiary/aromatic N) is 1. The van der Waals surface area contributed by atoms with Crippen LogP contribution in [0.3, 0.4) is 0 Å². The lowest BCUT2D eigenvalue weighted by molar-refractivity contribution is 0.906. The van der Waals surface area contributed by atoms with Gasteiger partial charge < -0.3 is 0 Å². The highest BCUT2D eigenvalue weighted by molar-refractivity contribution is 5.26. The van der Waals surface area contributed by atoms with Crippen molar-refractivity contribution in [3.05, 3.63) is 23.4 Å². The number of rotatable bonds is 4. The number of hydrogen-bond donors (Lipinski definition) is 1. The van der Waals surface area contributed by atoms with E-state index in [2.05, 4.69) is 30.2 Å². The van der Waals surface area contributed by atoms with Crippen LogP contribution in [0.15, 0.2) is 28.5 Å². The molecule has 0 aromatic rings. The largest absolute Gasteiger partial charge is 0.279 e. The van der Waals surface area contributed by atoms with Gasteiger partial charge >= 0.3 is 0 Å². The van der Waals surface area contributed by atoms with Crippen molar-refractivity contribution in [2.75, 3.05) is 0 Å². The van der Waals surface area contributed by atoms with Gasteiger partial charge in [-0.2, -0.15) is 5.10 Å². The first kappa shape index (κ1) is 9.95. The third-order valence-electron chi connectivity index (χ3n) is 1.26. The molecule has 0 saturated carbocycles. The zero-order chi connectivity index (χ0) is 8.69. The minimum Gasteiger partial charge on any atom is -0.279 e. The van der Waals surface area contributed by atoms with Crippen LogP contribution in [0.2, 0.25) is 0 Å². The molecule has 0 bridgehead atoms. The molecule has 0 aliphatic heterocycles. The maximum absolute atomic E-state index is 3.60. The maximum Gasteiger partial charge on any atom is 0.0544 e. The normalized spacial score (nSPS) is 9.73. The summed E-state index contributed by atoms with van der Waals surface area (Å²) in [5, 5.41) is 3.60. The molecule has 62 valence electrons. The predicted octanol–water partition coefficient (Wildman–Crippen LogP) is 2.45. The molecule has 0 radical (unpaired) electrons. The summed E-state index contributed by atoms with van der Waals surface area (Å²) in [6.45, 7) is 9.53. The van der Waals surface area contributed by atoms with Crippen molar-refractivity contribution in [3.63, 3.8) is 0 Å². The molecule has 2 heteroatoms. The van der Waals surface area contributed by atoms with Gasteiger partial charge in [-0.1, -0.05) is 18.6 Å². The van der Waals surface area contributed by atoms with Crippen LogP contribution in [0.25, 0.3) is 0 Å². The molecule has 1 N–H and O–H groups in total. The third kappa shape index (κ3) is 4.37. The molecule has 0 aromatic carbocycles. The smallest absolute Gasteiger partial charge is 0.0544 e. The van der Waals surface area contributed by atoms with Crippen molar-refractivity contribution < 1.29 is 0 Å². The molecular weight excluding hydrogens is 136 g/mol. The fourth-order valence-corrected chi connectivity index (χ4v) is 0.637. The van der Waals surface area contributed by atoms with Crippen LogP contribution in [-0.2, 0) is 0 Å². The monoisotopic (exact) mass is 152 g/mol. The van der Waals surface area contributed by atoms with Gasteiger partial charge in [0.05, 0.1) is 5.70 Å². The first-order valence-corrected chi connectivity index (χ1v) is 3.78. The highest BCUT2D eigenvalue weighted by Crippen LogP contribution is 2.01. The van der Waals surface area contributed by atoms with E-state index in [0.717, 1.165) is 12.1 Å². The highest BCUT2D eigenvalue weighted by Gasteiger charge is 1.89. The SMILES string of the molecule is C=NNC(/C=C\CC)=C(C)C. The second-order valence-electron chi connectivity index (χ2n) is 2.49. The van der Waals surface area contributed by atoms with Crippen LogP contribution in [0.5, 0.6) is 0 Å². The van der Waals surface area contributed by atoms with Crippen LogP contribution in [0, 0.1) is 0 Å². The summed E-state index contributed by atoms with van der Waals surface area (Å²) in [6.07, 6.45) is 5.14. The lowest BCUT2D eigenvalue weighted by Gasteiger charge is -2.01. The van der Waals surface area contributed by atoms with Gasteiger partial charge in [0.15, 0.2) is 0 Å². The summed E-state index contributed by atoms with van der Waals surface area (Å²) >= 11 is 0. The number of nitrogens with one attached hydrogen (secondary N) is 1. The van der Waals surface area contributed by atoms with E-state index in [9.17, 15) is 0 Å². The van der Waals surface area contributed by atoms with E-state index >= 15 is 0 Å². The van der Waals surface area contributed by atoms with E-state index in [-0.39, 0.29) is 0 Å². The summed E-state index contributed by atoms with van der Waals surface area (Å²) in [5.41, 5.74) is 5.06. The highest BCUT2D eigenvalue weighted by atomic mass is 15.3. The zero-order valence-electron chi connectivity index (χ0n) is 7.52. The standard InChI is InChI=1S/C9H16N2/c1-5-6-7-9(8(2)3)11-10-4/h6-7,11H,4-5H2,1-3H3/b7-6-. The Balaban J connectivity index is 4.23. The second-order valence-corrected chi connectivity index (χ2v) is 2.49. The van der Waals surface area contributed by atoms with Gasteiger partial charge in [-0.3, -0.25) is 5.43 Å². The zero-order valence-corrected chi connectivity index (χ0v) is 7.52. The van der Waals surface area contributed by atoms with Crippen molar-refractivity contribution in [2.24, 2.45) is 5.10 Å². The molecule has 0 aromatic heterocycles. The lowest BCUT2D eigenvalue weighted by atomic mass is 10.2. The average Bonchev–Trinajstić information content (AvgIpc) is 1.97. The van der Waals surface area contributed by atoms with Crippen molar-refractivity contribution in [3.8, 4) is 0 Å². The molecule has 0 atom stereocenters. The topological polar surface area (TPSA) is 24.4 Å². The third-order valence-corrected chi connectivity index (χ3v) is 1.26. The molecule has 0 amide bonds. The van der Waals surface area contributed by atoms with Crippen LogP contribution in [0.4, 0.5) is 0 Å². The fourth-order valence-electron chi connectivity index (χ4n) is 0.637. The van der Waals surface area contributed by atoms with Crippen LogP contribution >= 0.6 is 0 Å². The number of hydrogen-bond acceptors (Lipinski definition) is 2. The quantitative estimate of drug-likeness (QED) is 0.373. The number of allylic oxidation sites excluding steroid dienone is 3. The Morgan fingerprint density at radius 2 is 2.18 bits per heavy atom. The lowest BCUT2D eigenvalue weighted by Crippen LogP contribution is -2.03. The minimum atomic E-state index is 1.03. The molecule has 0 unspecified atom stereocenters. The summed E-state index contributed by atoms with van der Waals surface area (Å²) in [4.78, 5) is 0. The van der Waals surface area contributed by atoms with Crippen molar-refractivity contribution in [2.45, 2.75) is 27.2 Å². The van der Waals surface area contributed by atoms with Gasteiger partial charge in [0.2, 0.25) is 0 Å². The maximum atomic E-state index is 3.60. The van der Waals surface area contributed by atoms with Gasteiger partial charge in [-0.05, 0) is 26.3 Å². The van der Waals surface area contributed by atoms with Gasteiger partial charge in [0, 0.05) is 6.72 Å².